The average Bonchev–Trinajstić information content (AvgIpc) is 2.75. The minimum absolute atomic E-state index is 0.267. The minimum atomic E-state index is -0.724. The van der Waals surface area contributed by atoms with E-state index in [9.17, 15) is 14.4 Å². The van der Waals surface area contributed by atoms with Gasteiger partial charge in [0.1, 0.15) is 18.0 Å². The Morgan fingerprint density at radius 2 is 1.57 bits per heavy atom. The highest BCUT2D eigenvalue weighted by Crippen LogP contribution is 2.22. The molecule has 2 aromatic carbocycles. The lowest BCUT2D eigenvalue weighted by atomic mass is 10.2. The van der Waals surface area contributed by atoms with Crippen molar-refractivity contribution in [2.75, 3.05) is 39.3 Å². The Balaban J connectivity index is 1.84. The van der Waals surface area contributed by atoms with E-state index in [0.29, 0.717) is 17.2 Å². The van der Waals surface area contributed by atoms with Gasteiger partial charge in [-0.25, -0.2) is 0 Å². The summed E-state index contributed by atoms with van der Waals surface area (Å²) in [6, 6.07) is 13.6. The molecule has 0 spiro atoms. The summed E-state index contributed by atoms with van der Waals surface area (Å²) < 4.78 is 15.1. The Morgan fingerprint density at radius 3 is 2.14 bits per heavy atom. The molecule has 2 rings (SSSR count). The summed E-state index contributed by atoms with van der Waals surface area (Å²) in [5.41, 5.74) is 0.952. The van der Waals surface area contributed by atoms with Crippen LogP contribution < -0.4 is 19.7 Å². The summed E-state index contributed by atoms with van der Waals surface area (Å²) in [5.74, 6) is -0.716. The lowest BCUT2D eigenvalue weighted by Crippen LogP contribution is -2.34. The fourth-order valence-electron chi connectivity index (χ4n) is 2.28. The standard InChI is InChI=1S/C20H22N2O6/c1-22(15-7-5-4-6-8-15)18(23)13-28-19(24)12-21-20(25)14-9-16(26-2)11-17(10-14)27-3/h4-11H,12-13H2,1-3H3,(H,21,25). The van der Waals surface area contributed by atoms with Gasteiger partial charge in [0, 0.05) is 24.4 Å². The van der Waals surface area contributed by atoms with E-state index in [4.69, 9.17) is 14.2 Å². The van der Waals surface area contributed by atoms with Gasteiger partial charge in [0.25, 0.3) is 11.8 Å². The van der Waals surface area contributed by atoms with E-state index in [2.05, 4.69) is 5.32 Å². The quantitative estimate of drug-likeness (QED) is 0.693. The zero-order valence-corrected chi connectivity index (χ0v) is 15.9. The number of benzene rings is 2. The molecule has 0 atom stereocenters. The molecule has 0 radical (unpaired) electrons. The highest BCUT2D eigenvalue weighted by atomic mass is 16.5. The molecule has 0 aromatic heterocycles. The highest BCUT2D eigenvalue weighted by Gasteiger charge is 2.15. The first-order valence-electron chi connectivity index (χ1n) is 8.43. The summed E-state index contributed by atoms with van der Waals surface area (Å²) in [7, 11) is 4.53. The normalized spacial score (nSPS) is 9.96. The Hall–Kier alpha value is -3.55. The molecule has 0 bridgehead atoms. The molecule has 0 aliphatic carbocycles. The number of nitrogens with zero attached hydrogens (tertiary/aromatic N) is 1. The molecule has 8 nitrogen and oxygen atoms in total. The van der Waals surface area contributed by atoms with Gasteiger partial charge in [0.15, 0.2) is 6.61 Å². The number of ether oxygens (including phenoxy) is 3. The van der Waals surface area contributed by atoms with Gasteiger partial charge in [0.2, 0.25) is 0 Å². The summed E-state index contributed by atoms with van der Waals surface area (Å²) >= 11 is 0. The van der Waals surface area contributed by atoms with Crippen molar-refractivity contribution < 1.29 is 28.6 Å². The van der Waals surface area contributed by atoms with Crippen LogP contribution in [0, 0.1) is 0 Å². The van der Waals surface area contributed by atoms with Crippen molar-refractivity contribution >= 4 is 23.5 Å². The molecule has 0 saturated carbocycles. The second-order valence-corrected chi connectivity index (χ2v) is 5.73. The Labute approximate surface area is 163 Å². The SMILES string of the molecule is COc1cc(OC)cc(C(=O)NCC(=O)OCC(=O)N(C)c2ccccc2)c1. The first-order chi connectivity index (χ1) is 13.4. The van der Waals surface area contributed by atoms with Gasteiger partial charge in [-0.15, -0.1) is 0 Å². The summed E-state index contributed by atoms with van der Waals surface area (Å²) in [5, 5.41) is 2.44. The maximum Gasteiger partial charge on any atom is 0.325 e. The van der Waals surface area contributed by atoms with E-state index in [-0.39, 0.29) is 18.0 Å². The van der Waals surface area contributed by atoms with Crippen molar-refractivity contribution in [3.8, 4) is 11.5 Å². The summed E-state index contributed by atoms with van der Waals surface area (Å²) in [6.45, 7) is -0.798. The van der Waals surface area contributed by atoms with Crippen LogP contribution >= 0.6 is 0 Å². The van der Waals surface area contributed by atoms with Crippen LogP contribution in [0.5, 0.6) is 11.5 Å². The van der Waals surface area contributed by atoms with Gasteiger partial charge in [0.05, 0.1) is 14.2 Å². The van der Waals surface area contributed by atoms with E-state index in [1.54, 1.807) is 37.4 Å². The van der Waals surface area contributed by atoms with Crippen LogP contribution in [-0.2, 0) is 14.3 Å². The lowest BCUT2D eigenvalue weighted by Gasteiger charge is -2.17. The van der Waals surface area contributed by atoms with Crippen LogP contribution in [0.3, 0.4) is 0 Å². The molecule has 28 heavy (non-hydrogen) atoms. The first-order valence-corrected chi connectivity index (χ1v) is 8.43. The molecule has 0 fully saturated rings. The molecular formula is C20H22N2O6. The zero-order chi connectivity index (χ0) is 20.5. The van der Waals surface area contributed by atoms with Crippen LogP contribution in [0.4, 0.5) is 5.69 Å². The summed E-state index contributed by atoms with van der Waals surface area (Å²) in [6.07, 6.45) is 0. The number of hydrogen-bond acceptors (Lipinski definition) is 6. The number of carbonyl (C=O) groups excluding carboxylic acids is 3. The number of nitrogens with one attached hydrogen (secondary N) is 1. The molecule has 2 aromatic rings. The van der Waals surface area contributed by atoms with Crippen LogP contribution in [0.2, 0.25) is 0 Å². The molecule has 0 aliphatic rings. The number of hydrogen-bond donors (Lipinski definition) is 1. The zero-order valence-electron chi connectivity index (χ0n) is 15.9. The van der Waals surface area contributed by atoms with E-state index in [1.807, 2.05) is 6.07 Å². The van der Waals surface area contributed by atoms with Crippen LogP contribution in [0.25, 0.3) is 0 Å². The van der Waals surface area contributed by atoms with Crippen LogP contribution in [0.15, 0.2) is 48.5 Å². The van der Waals surface area contributed by atoms with E-state index in [1.165, 1.54) is 31.3 Å². The molecule has 1 N–H and O–H groups in total. The van der Waals surface area contributed by atoms with Crippen molar-refractivity contribution in [1.82, 2.24) is 5.32 Å². The molecule has 0 heterocycles. The van der Waals surface area contributed by atoms with Crippen molar-refractivity contribution in [2.24, 2.45) is 0 Å². The monoisotopic (exact) mass is 386 g/mol. The van der Waals surface area contributed by atoms with E-state index < -0.39 is 18.5 Å². The molecule has 148 valence electrons. The second-order valence-electron chi connectivity index (χ2n) is 5.73. The van der Waals surface area contributed by atoms with Gasteiger partial charge >= 0.3 is 5.97 Å². The fraction of sp³-hybridized carbons (Fsp3) is 0.250. The molecule has 2 amide bonds. The van der Waals surface area contributed by atoms with E-state index in [0.717, 1.165) is 0 Å². The third-order valence-electron chi connectivity index (χ3n) is 3.88. The van der Waals surface area contributed by atoms with Gasteiger partial charge in [-0.2, -0.15) is 0 Å². The number of carbonyl (C=O) groups is 3. The summed E-state index contributed by atoms with van der Waals surface area (Å²) in [4.78, 5) is 37.5. The van der Waals surface area contributed by atoms with Crippen LogP contribution in [0.1, 0.15) is 10.4 Å². The van der Waals surface area contributed by atoms with Gasteiger partial charge in [-0.05, 0) is 24.3 Å². The largest absolute Gasteiger partial charge is 0.497 e. The predicted octanol–water partition coefficient (Wildman–Crippen LogP) is 1.64. The number of amides is 2. The predicted molar refractivity (Wildman–Crippen MR) is 103 cm³/mol. The number of esters is 1. The average molecular weight is 386 g/mol. The van der Waals surface area contributed by atoms with Crippen molar-refractivity contribution in [2.45, 2.75) is 0 Å². The van der Waals surface area contributed by atoms with Crippen molar-refractivity contribution in [3.63, 3.8) is 0 Å². The first kappa shape index (κ1) is 20.8. The lowest BCUT2D eigenvalue weighted by molar-refractivity contribution is -0.146. The maximum absolute atomic E-state index is 12.2. The smallest absolute Gasteiger partial charge is 0.325 e. The third-order valence-corrected chi connectivity index (χ3v) is 3.88. The Morgan fingerprint density at radius 1 is 0.964 bits per heavy atom. The topological polar surface area (TPSA) is 94.2 Å². The highest BCUT2D eigenvalue weighted by molar-refractivity contribution is 5.97. The third kappa shape index (κ3) is 5.73. The number of para-hydroxylation sites is 1. The van der Waals surface area contributed by atoms with E-state index >= 15 is 0 Å². The maximum atomic E-state index is 12.2. The molecule has 0 unspecified atom stereocenters. The minimum Gasteiger partial charge on any atom is -0.497 e. The molecular weight excluding hydrogens is 364 g/mol. The van der Waals surface area contributed by atoms with Crippen molar-refractivity contribution in [3.05, 3.63) is 54.1 Å². The number of methoxy groups -OCH3 is 2. The van der Waals surface area contributed by atoms with Crippen LogP contribution in [-0.4, -0.2) is 52.2 Å². The van der Waals surface area contributed by atoms with Gasteiger partial charge < -0.3 is 24.4 Å². The Kier molecular flexibility index (Phi) is 7.38. The Bertz CT molecular complexity index is 816. The second kappa shape index (κ2) is 9.96. The fourth-order valence-corrected chi connectivity index (χ4v) is 2.28. The molecule has 0 saturated heterocycles. The number of anilines is 1. The molecule has 8 heteroatoms. The number of likely N-dealkylation sites (N-methyl/N-ethyl adjacent to an activating group) is 1. The van der Waals surface area contributed by atoms with Gasteiger partial charge in [-0.3, -0.25) is 14.4 Å². The molecule has 0 aliphatic heterocycles. The number of rotatable bonds is 8. The van der Waals surface area contributed by atoms with Crippen molar-refractivity contribution in [1.29, 1.82) is 0 Å². The van der Waals surface area contributed by atoms with Gasteiger partial charge in [-0.1, -0.05) is 18.2 Å².